The summed E-state index contributed by atoms with van der Waals surface area (Å²) in [6, 6.07) is 69.7. The van der Waals surface area contributed by atoms with Crippen LogP contribution in [0, 0.1) is 0 Å². The van der Waals surface area contributed by atoms with Crippen molar-refractivity contribution < 1.29 is 0 Å². The number of para-hydroxylation sites is 3. The summed E-state index contributed by atoms with van der Waals surface area (Å²) in [5.74, 6) is 0.880. The lowest BCUT2D eigenvalue weighted by molar-refractivity contribution is 0.619. The van der Waals surface area contributed by atoms with Crippen LogP contribution >= 0.6 is 35.5 Å². The SMILES string of the molecule is C=C(/C=C(\N=C(C)n1c2ccccc2c2ccc3c4c5n(c3c21)-c1cccc2c1c1c(n2-c2cccc3c2c2ccccc2n3-c2ccccc2)C=CCC15C=C4)c1ccc2sc3c(c2c1)C=CCC=C3)c1ccc2sc3ccccc3c2c1.NS. The first kappa shape index (κ1) is 49.7. The number of aliphatic imine (C=N–C) groups is 1. The first-order chi connectivity index (χ1) is 42.5. The van der Waals surface area contributed by atoms with Gasteiger partial charge < -0.3 is 13.7 Å². The van der Waals surface area contributed by atoms with E-state index in [1.54, 1.807) is 0 Å². The molecule has 0 saturated heterocycles. The predicted octanol–water partition coefficient (Wildman–Crippen LogP) is 20.6. The summed E-state index contributed by atoms with van der Waals surface area (Å²) in [7, 11) is 0. The number of rotatable bonds is 6. The van der Waals surface area contributed by atoms with Gasteiger partial charge in [0.15, 0.2) is 0 Å². The maximum absolute atomic E-state index is 5.88. The van der Waals surface area contributed by atoms with Crippen LogP contribution in [0.2, 0.25) is 0 Å². The normalized spacial score (nSPS) is 15.8. The van der Waals surface area contributed by atoms with E-state index in [2.05, 4.69) is 286 Å². The third-order valence-corrected chi connectivity index (χ3v) is 20.9. The molecule has 6 aromatic heterocycles. The molecule has 6 nitrogen and oxygen atoms in total. The molecule has 0 amide bonds. The standard InChI is InChI=1S/C77H49N5S2.H3NS/c1-45(47-33-37-69-57(43-47)52-22-11-14-32-68(52)84-69)42-59(48-34-38-70-58(44-48)51-21-7-4-8-31-67(51)83-70)78-46(2)79-60-24-12-9-20-50(60)53-35-36-54-55-39-41-77-40-17-30-66-73(77)72-64(28-16-29-65(72)82(76(55)77)75(54)74(53)79)81(66)63-27-15-26-62-71(63)56-23-10-13-25-61(56)80(62)49-18-5-3-6-19-49;1-2/h3,5-39,41-44H,1,4,40H2,2H3;2H,1H2/b59-42-,78-46?;. The third kappa shape index (κ3) is 6.74. The average Bonchev–Trinajstić information content (AvgIpc) is 1.49. The maximum Gasteiger partial charge on any atom is 0.111 e. The molecule has 1 unspecified atom stereocenters. The first-order valence-corrected chi connectivity index (χ1v) is 31.4. The average molecular weight is 1160 g/mol. The second kappa shape index (κ2) is 18.6. The number of thiophene rings is 2. The zero-order chi connectivity index (χ0) is 57.1. The summed E-state index contributed by atoms with van der Waals surface area (Å²) in [4.78, 5) is 7.17. The molecule has 0 radical (unpaired) electrons. The highest BCUT2D eigenvalue weighted by Crippen LogP contribution is 2.60. The first-order valence-electron chi connectivity index (χ1n) is 29.3. The van der Waals surface area contributed by atoms with E-state index in [-0.39, 0.29) is 5.41 Å². The van der Waals surface area contributed by atoms with Crippen LogP contribution in [0.4, 0.5) is 0 Å². The van der Waals surface area contributed by atoms with Gasteiger partial charge in [0.2, 0.25) is 0 Å². The fraction of sp³-hybridized carbons (Fsp3) is 0.0519. The van der Waals surface area contributed by atoms with Gasteiger partial charge in [-0.1, -0.05) is 152 Å². The molecule has 1 atom stereocenters. The van der Waals surface area contributed by atoms with Crippen LogP contribution in [0.25, 0.3) is 148 Å². The van der Waals surface area contributed by atoms with Crippen molar-refractivity contribution >= 4 is 173 Å². The Kier molecular flexibility index (Phi) is 10.8. The molecule has 1 aliphatic heterocycles. The van der Waals surface area contributed by atoms with Crippen LogP contribution in [0.15, 0.2) is 230 Å². The number of allylic oxidation sites excluding steroid dienone is 6. The Labute approximate surface area is 508 Å². The van der Waals surface area contributed by atoms with Crippen molar-refractivity contribution in [1.82, 2.24) is 18.3 Å². The lowest BCUT2D eigenvalue weighted by Crippen LogP contribution is -2.31. The van der Waals surface area contributed by atoms with Gasteiger partial charge in [0.25, 0.3) is 0 Å². The van der Waals surface area contributed by atoms with E-state index in [1.165, 1.54) is 129 Å². The molecule has 9 heteroatoms. The van der Waals surface area contributed by atoms with Gasteiger partial charge in [-0.2, -0.15) is 0 Å². The van der Waals surface area contributed by atoms with Crippen LogP contribution < -0.4 is 5.14 Å². The third-order valence-electron chi connectivity index (χ3n) is 18.6. The lowest BCUT2D eigenvalue weighted by atomic mass is 9.71. The van der Waals surface area contributed by atoms with Crippen molar-refractivity contribution in [1.29, 1.82) is 0 Å². The number of thiol groups is 1. The molecular weight excluding hydrogens is 1110 g/mol. The maximum atomic E-state index is 5.88. The van der Waals surface area contributed by atoms with Gasteiger partial charge in [-0.15, -0.1) is 35.5 Å². The van der Waals surface area contributed by atoms with E-state index in [0.717, 1.165) is 57.8 Å². The van der Waals surface area contributed by atoms with Crippen molar-refractivity contribution in [3.05, 3.63) is 269 Å². The fourth-order valence-corrected chi connectivity index (χ4v) is 17.4. The predicted molar refractivity (Wildman–Crippen MR) is 373 cm³/mol. The minimum atomic E-state index is -0.382. The quantitative estimate of drug-likeness (QED) is 0.0741. The molecule has 408 valence electrons. The summed E-state index contributed by atoms with van der Waals surface area (Å²) in [5.41, 5.74) is 20.7. The lowest BCUT2D eigenvalue weighted by Gasteiger charge is -2.36. The summed E-state index contributed by atoms with van der Waals surface area (Å²) in [6.07, 6.45) is 22.9. The van der Waals surface area contributed by atoms with Crippen molar-refractivity contribution in [2.45, 2.75) is 25.2 Å². The molecule has 0 fully saturated rings. The summed E-state index contributed by atoms with van der Waals surface area (Å²) in [6.45, 7) is 7.02. The largest absolute Gasteiger partial charge is 0.309 e. The van der Waals surface area contributed by atoms with Crippen molar-refractivity contribution in [2.75, 3.05) is 0 Å². The number of aromatic nitrogens is 4. The van der Waals surface area contributed by atoms with Crippen LogP contribution in [0.1, 0.15) is 63.8 Å². The summed E-state index contributed by atoms with van der Waals surface area (Å²) < 4.78 is 14.0. The van der Waals surface area contributed by atoms with E-state index in [0.29, 0.717) is 0 Å². The Bertz CT molecular complexity index is 5720. The number of nitrogens with zero attached hydrogens (tertiary/aromatic N) is 5. The number of hydrogen-bond donors (Lipinski definition) is 2. The molecule has 2 N–H and O–H groups in total. The van der Waals surface area contributed by atoms with Crippen LogP contribution in [-0.2, 0) is 5.41 Å². The highest BCUT2D eigenvalue weighted by Gasteiger charge is 2.49. The number of nitrogens with two attached hydrogens (primary N) is 1. The molecule has 3 aliphatic carbocycles. The Morgan fingerprint density at radius 2 is 1.21 bits per heavy atom. The van der Waals surface area contributed by atoms with E-state index < -0.39 is 0 Å². The molecule has 0 saturated carbocycles. The Hall–Kier alpha value is -9.74. The number of benzene rings is 9. The van der Waals surface area contributed by atoms with Gasteiger partial charge in [0.05, 0.1) is 61.3 Å². The van der Waals surface area contributed by atoms with Crippen LogP contribution in [-0.4, -0.2) is 24.1 Å². The monoisotopic (exact) mass is 1160 g/mol. The van der Waals surface area contributed by atoms with Crippen molar-refractivity contribution in [3.8, 4) is 17.1 Å². The van der Waals surface area contributed by atoms with E-state index in [9.17, 15) is 0 Å². The molecular formula is C77H52N6S3. The van der Waals surface area contributed by atoms with Crippen molar-refractivity contribution in [2.24, 2.45) is 10.1 Å². The molecule has 9 aromatic carbocycles. The Morgan fingerprint density at radius 1 is 0.535 bits per heavy atom. The zero-order valence-electron chi connectivity index (χ0n) is 46.8. The van der Waals surface area contributed by atoms with Gasteiger partial charge in [-0.3, -0.25) is 9.71 Å². The molecule has 15 aromatic rings. The van der Waals surface area contributed by atoms with Crippen LogP contribution in [0.3, 0.4) is 0 Å². The second-order valence-electron chi connectivity index (χ2n) is 23.0. The van der Waals surface area contributed by atoms with Gasteiger partial charge in [-0.25, -0.2) is 4.99 Å². The summed E-state index contributed by atoms with van der Waals surface area (Å²) >= 11 is 6.72. The van der Waals surface area contributed by atoms with E-state index in [4.69, 9.17) is 11.6 Å². The molecule has 4 aliphatic rings. The molecule has 1 spiro atoms. The van der Waals surface area contributed by atoms with Gasteiger partial charge in [0.1, 0.15) is 5.84 Å². The van der Waals surface area contributed by atoms with E-state index in [1.807, 2.05) is 22.7 Å². The van der Waals surface area contributed by atoms with Gasteiger partial charge in [0, 0.05) is 101 Å². The van der Waals surface area contributed by atoms with Crippen LogP contribution in [0.5, 0.6) is 0 Å². The smallest absolute Gasteiger partial charge is 0.111 e. The van der Waals surface area contributed by atoms with Gasteiger partial charge in [-0.05, 0) is 128 Å². The highest BCUT2D eigenvalue weighted by atomic mass is 32.1. The molecule has 19 rings (SSSR count). The minimum Gasteiger partial charge on any atom is -0.309 e. The molecule has 86 heavy (non-hydrogen) atoms. The van der Waals surface area contributed by atoms with Crippen molar-refractivity contribution in [3.63, 3.8) is 0 Å². The second-order valence-corrected chi connectivity index (χ2v) is 25.2. The number of fused-ring (bicyclic) bond motifs is 17. The number of hydrogen-bond acceptors (Lipinski definition) is 5. The van der Waals surface area contributed by atoms with Gasteiger partial charge >= 0.3 is 0 Å². The van der Waals surface area contributed by atoms with E-state index >= 15 is 0 Å². The molecule has 0 bridgehead atoms. The highest BCUT2D eigenvalue weighted by molar-refractivity contribution is 7.77. The zero-order valence-corrected chi connectivity index (χ0v) is 49.3. The fourth-order valence-electron chi connectivity index (χ4n) is 15.2. The molecule has 7 heterocycles. The topological polar surface area (TPSA) is 58.1 Å². The Balaban J connectivity index is 0.00000277. The minimum absolute atomic E-state index is 0.382. The summed E-state index contributed by atoms with van der Waals surface area (Å²) in [5, 5.41) is 15.4. The Morgan fingerprint density at radius 3 is 2.06 bits per heavy atom.